The summed E-state index contributed by atoms with van der Waals surface area (Å²) >= 11 is 0. The number of rotatable bonds is 5. The SMILES string of the molecule is CCc1cccc(NC(=O)CN2CCc3nc(-c4ccc5c(c4)OCO5)[nH]c(=O)c3C2)c1. The lowest BCUT2D eigenvalue weighted by molar-refractivity contribution is -0.117. The summed E-state index contributed by atoms with van der Waals surface area (Å²) in [6.45, 7) is 3.54. The molecule has 0 aliphatic carbocycles. The van der Waals surface area contributed by atoms with E-state index in [2.05, 4.69) is 17.2 Å². The van der Waals surface area contributed by atoms with E-state index in [1.165, 1.54) is 5.56 Å². The molecule has 32 heavy (non-hydrogen) atoms. The first-order valence-corrected chi connectivity index (χ1v) is 10.7. The maximum atomic E-state index is 12.8. The maximum absolute atomic E-state index is 12.8. The number of aromatic amines is 1. The number of benzene rings is 2. The normalized spacial score (nSPS) is 14.8. The molecule has 5 rings (SSSR count). The number of H-pyrrole nitrogens is 1. The standard InChI is InChI=1S/C24H24N4O4/c1-2-15-4-3-5-17(10-15)25-22(29)13-28-9-8-19-18(12-28)24(30)27-23(26-19)16-6-7-20-21(11-16)32-14-31-20/h3-7,10-11H,2,8-9,12-14H2,1H3,(H,25,29)(H,26,27,30). The van der Waals surface area contributed by atoms with Crippen LogP contribution in [0.25, 0.3) is 11.4 Å². The molecule has 2 aromatic carbocycles. The van der Waals surface area contributed by atoms with Gasteiger partial charge in [0.25, 0.3) is 5.56 Å². The monoisotopic (exact) mass is 432 g/mol. The van der Waals surface area contributed by atoms with E-state index in [-0.39, 0.29) is 24.8 Å². The van der Waals surface area contributed by atoms with Crippen LogP contribution in [0.3, 0.4) is 0 Å². The van der Waals surface area contributed by atoms with E-state index in [1.54, 1.807) is 0 Å². The van der Waals surface area contributed by atoms with Gasteiger partial charge < -0.3 is 19.8 Å². The lowest BCUT2D eigenvalue weighted by Gasteiger charge is -2.27. The first-order valence-electron chi connectivity index (χ1n) is 10.7. The van der Waals surface area contributed by atoms with E-state index < -0.39 is 0 Å². The molecular weight excluding hydrogens is 408 g/mol. The van der Waals surface area contributed by atoms with Crippen molar-refractivity contribution in [3.63, 3.8) is 0 Å². The predicted molar refractivity (Wildman–Crippen MR) is 120 cm³/mol. The Morgan fingerprint density at radius 3 is 2.94 bits per heavy atom. The zero-order chi connectivity index (χ0) is 22.1. The van der Waals surface area contributed by atoms with Crippen LogP contribution >= 0.6 is 0 Å². The van der Waals surface area contributed by atoms with E-state index in [4.69, 9.17) is 14.5 Å². The van der Waals surface area contributed by atoms with Gasteiger partial charge in [-0.1, -0.05) is 19.1 Å². The Kier molecular flexibility index (Phi) is 5.36. The third kappa shape index (κ3) is 4.09. The summed E-state index contributed by atoms with van der Waals surface area (Å²) in [6.07, 6.45) is 1.52. The maximum Gasteiger partial charge on any atom is 0.255 e. The lowest BCUT2D eigenvalue weighted by Crippen LogP contribution is -2.40. The molecule has 0 radical (unpaired) electrons. The molecule has 2 N–H and O–H groups in total. The Hall–Kier alpha value is -3.65. The zero-order valence-corrected chi connectivity index (χ0v) is 17.8. The average molecular weight is 432 g/mol. The minimum atomic E-state index is -0.177. The number of amides is 1. The van der Waals surface area contributed by atoms with Gasteiger partial charge >= 0.3 is 0 Å². The van der Waals surface area contributed by atoms with E-state index in [0.717, 1.165) is 23.4 Å². The topological polar surface area (TPSA) is 96.6 Å². The highest BCUT2D eigenvalue weighted by Gasteiger charge is 2.23. The number of nitrogens with zero attached hydrogens (tertiary/aromatic N) is 2. The van der Waals surface area contributed by atoms with Gasteiger partial charge in [0.1, 0.15) is 5.82 Å². The van der Waals surface area contributed by atoms with Crippen molar-refractivity contribution in [2.24, 2.45) is 0 Å². The zero-order valence-electron chi connectivity index (χ0n) is 17.8. The Labute approximate surface area is 185 Å². The molecule has 1 amide bonds. The molecule has 0 unspecified atom stereocenters. The van der Waals surface area contributed by atoms with Crippen LogP contribution in [0.2, 0.25) is 0 Å². The number of ether oxygens (including phenoxy) is 2. The van der Waals surface area contributed by atoms with Crippen molar-refractivity contribution in [1.29, 1.82) is 0 Å². The predicted octanol–water partition coefficient (Wildman–Crippen LogP) is 2.72. The van der Waals surface area contributed by atoms with Gasteiger partial charge in [0.15, 0.2) is 11.5 Å². The highest BCUT2D eigenvalue weighted by atomic mass is 16.7. The summed E-state index contributed by atoms with van der Waals surface area (Å²) in [5.41, 5.74) is 3.94. The molecule has 2 aliphatic heterocycles. The van der Waals surface area contributed by atoms with Gasteiger partial charge in [0, 0.05) is 30.8 Å². The molecule has 8 heteroatoms. The highest BCUT2D eigenvalue weighted by molar-refractivity contribution is 5.92. The number of fused-ring (bicyclic) bond motifs is 2. The second kappa shape index (κ2) is 8.47. The van der Waals surface area contributed by atoms with Crippen LogP contribution in [0.4, 0.5) is 5.69 Å². The Morgan fingerprint density at radius 1 is 1.19 bits per heavy atom. The number of carbonyl (C=O) groups excluding carboxylic acids is 1. The minimum absolute atomic E-state index is 0.0944. The van der Waals surface area contributed by atoms with Crippen LogP contribution in [-0.4, -0.2) is 40.7 Å². The fraction of sp³-hybridized carbons (Fsp3) is 0.292. The number of carbonyl (C=O) groups is 1. The molecule has 0 spiro atoms. The van der Waals surface area contributed by atoms with Gasteiger partial charge in [-0.15, -0.1) is 0 Å². The fourth-order valence-corrected chi connectivity index (χ4v) is 4.07. The van der Waals surface area contributed by atoms with E-state index in [9.17, 15) is 9.59 Å². The van der Waals surface area contributed by atoms with Crippen molar-refractivity contribution in [3.05, 3.63) is 69.6 Å². The van der Waals surface area contributed by atoms with Gasteiger partial charge in [-0.25, -0.2) is 4.98 Å². The number of aromatic nitrogens is 2. The molecule has 0 fully saturated rings. The van der Waals surface area contributed by atoms with Gasteiger partial charge in [-0.05, 0) is 42.3 Å². The number of hydrogen-bond acceptors (Lipinski definition) is 6. The van der Waals surface area contributed by atoms with Crippen LogP contribution in [0.5, 0.6) is 11.5 Å². The molecule has 2 aliphatic rings. The molecular formula is C24H24N4O4. The summed E-state index contributed by atoms with van der Waals surface area (Å²) in [6, 6.07) is 13.3. The van der Waals surface area contributed by atoms with E-state index in [1.807, 2.05) is 47.4 Å². The first kappa shape index (κ1) is 20.3. The lowest BCUT2D eigenvalue weighted by atomic mass is 10.1. The fourth-order valence-electron chi connectivity index (χ4n) is 4.07. The second-order valence-electron chi connectivity index (χ2n) is 7.97. The van der Waals surface area contributed by atoms with Crippen LogP contribution in [0, 0.1) is 0 Å². The molecule has 3 aromatic rings. The van der Waals surface area contributed by atoms with Crippen molar-refractivity contribution < 1.29 is 14.3 Å². The van der Waals surface area contributed by atoms with Gasteiger partial charge in [0.2, 0.25) is 12.7 Å². The Balaban J connectivity index is 1.29. The van der Waals surface area contributed by atoms with Crippen molar-refractivity contribution in [2.45, 2.75) is 26.3 Å². The molecule has 8 nitrogen and oxygen atoms in total. The number of aryl methyl sites for hydroxylation is 1. The first-order chi connectivity index (χ1) is 15.6. The summed E-state index contributed by atoms with van der Waals surface area (Å²) in [7, 11) is 0. The molecule has 0 saturated carbocycles. The molecule has 1 aromatic heterocycles. The third-order valence-electron chi connectivity index (χ3n) is 5.78. The van der Waals surface area contributed by atoms with Gasteiger partial charge in [-0.2, -0.15) is 0 Å². The largest absolute Gasteiger partial charge is 0.454 e. The summed E-state index contributed by atoms with van der Waals surface area (Å²) in [4.78, 5) is 34.9. The van der Waals surface area contributed by atoms with Crippen molar-refractivity contribution in [2.75, 3.05) is 25.2 Å². The average Bonchev–Trinajstić information content (AvgIpc) is 3.27. The summed E-state index contributed by atoms with van der Waals surface area (Å²) in [5.74, 6) is 1.74. The third-order valence-corrected chi connectivity index (χ3v) is 5.78. The van der Waals surface area contributed by atoms with Gasteiger partial charge in [0.05, 0.1) is 17.8 Å². The van der Waals surface area contributed by atoms with Crippen molar-refractivity contribution in [3.8, 4) is 22.9 Å². The number of anilines is 1. The summed E-state index contributed by atoms with van der Waals surface area (Å²) < 4.78 is 10.8. The molecule has 0 atom stereocenters. The molecule has 164 valence electrons. The molecule has 0 bridgehead atoms. The summed E-state index contributed by atoms with van der Waals surface area (Å²) in [5, 5.41) is 2.95. The van der Waals surface area contributed by atoms with Gasteiger partial charge in [-0.3, -0.25) is 14.5 Å². The quantitative estimate of drug-likeness (QED) is 0.644. The number of nitrogens with one attached hydrogen (secondary N) is 2. The molecule has 3 heterocycles. The highest BCUT2D eigenvalue weighted by Crippen LogP contribution is 2.35. The van der Waals surface area contributed by atoms with Crippen LogP contribution in [0.15, 0.2) is 47.3 Å². The van der Waals surface area contributed by atoms with Crippen LogP contribution in [0.1, 0.15) is 23.7 Å². The molecule has 0 saturated heterocycles. The smallest absolute Gasteiger partial charge is 0.255 e. The van der Waals surface area contributed by atoms with Crippen molar-refractivity contribution >= 4 is 11.6 Å². The van der Waals surface area contributed by atoms with E-state index in [0.29, 0.717) is 42.4 Å². The van der Waals surface area contributed by atoms with Crippen LogP contribution < -0.4 is 20.3 Å². The number of hydrogen-bond donors (Lipinski definition) is 2. The van der Waals surface area contributed by atoms with Crippen molar-refractivity contribution in [1.82, 2.24) is 14.9 Å². The van der Waals surface area contributed by atoms with E-state index >= 15 is 0 Å². The Bertz CT molecular complexity index is 1240. The Morgan fingerprint density at radius 2 is 2.06 bits per heavy atom. The minimum Gasteiger partial charge on any atom is -0.454 e. The van der Waals surface area contributed by atoms with Crippen LogP contribution in [-0.2, 0) is 24.2 Å². The second-order valence-corrected chi connectivity index (χ2v) is 7.97.